The Kier molecular flexibility index (Phi) is 6.06. The summed E-state index contributed by atoms with van der Waals surface area (Å²) in [5.41, 5.74) is 3.53. The van der Waals surface area contributed by atoms with E-state index in [0.29, 0.717) is 25.1 Å². The standard InChI is InChI=1S/C21H24N4O3/c1-14-8-9-15(2)16(13-14)23-21(27)19-24-18(17-7-4-5-11-25(17)19)20(26)22-10-6-12-28-3/h4-5,7-9,11,13H,6,10,12H2,1-3H3,(H,22,26)(H,23,27). The smallest absolute Gasteiger partial charge is 0.292 e. The van der Waals surface area contributed by atoms with E-state index in [9.17, 15) is 9.59 Å². The summed E-state index contributed by atoms with van der Waals surface area (Å²) in [6.07, 6.45) is 2.43. The molecule has 1 aromatic carbocycles. The first-order valence-electron chi connectivity index (χ1n) is 9.14. The van der Waals surface area contributed by atoms with Gasteiger partial charge < -0.3 is 15.4 Å². The first-order chi connectivity index (χ1) is 13.5. The van der Waals surface area contributed by atoms with Crippen molar-refractivity contribution in [3.8, 4) is 0 Å². The first-order valence-corrected chi connectivity index (χ1v) is 9.14. The zero-order valence-corrected chi connectivity index (χ0v) is 16.3. The molecule has 0 fully saturated rings. The Morgan fingerprint density at radius 2 is 1.96 bits per heavy atom. The molecule has 0 spiro atoms. The predicted molar refractivity (Wildman–Crippen MR) is 108 cm³/mol. The number of fused-ring (bicyclic) bond motifs is 1. The molecule has 7 heteroatoms. The number of hydrogen-bond acceptors (Lipinski definition) is 4. The van der Waals surface area contributed by atoms with Crippen molar-refractivity contribution in [2.45, 2.75) is 20.3 Å². The Bertz CT molecular complexity index is 1010. The van der Waals surface area contributed by atoms with Crippen molar-refractivity contribution in [3.05, 3.63) is 65.2 Å². The second-order valence-corrected chi connectivity index (χ2v) is 6.61. The van der Waals surface area contributed by atoms with Crippen LogP contribution in [0, 0.1) is 13.8 Å². The zero-order valence-electron chi connectivity index (χ0n) is 16.3. The molecule has 3 rings (SSSR count). The molecule has 0 saturated carbocycles. The van der Waals surface area contributed by atoms with Crippen molar-refractivity contribution in [1.29, 1.82) is 0 Å². The minimum atomic E-state index is -0.367. The third kappa shape index (κ3) is 4.20. The number of amides is 2. The molecule has 7 nitrogen and oxygen atoms in total. The largest absolute Gasteiger partial charge is 0.385 e. The maximum absolute atomic E-state index is 12.9. The van der Waals surface area contributed by atoms with Crippen LogP contribution in [0.4, 0.5) is 5.69 Å². The molecule has 0 saturated heterocycles. The van der Waals surface area contributed by atoms with Gasteiger partial charge in [0.1, 0.15) is 0 Å². The number of ether oxygens (including phenoxy) is 1. The van der Waals surface area contributed by atoms with Gasteiger partial charge in [0.25, 0.3) is 11.8 Å². The summed E-state index contributed by atoms with van der Waals surface area (Å²) in [7, 11) is 1.62. The fraction of sp³-hybridized carbons (Fsp3) is 0.286. The van der Waals surface area contributed by atoms with E-state index in [2.05, 4.69) is 15.6 Å². The van der Waals surface area contributed by atoms with Crippen molar-refractivity contribution < 1.29 is 14.3 Å². The second kappa shape index (κ2) is 8.67. The molecule has 0 aliphatic rings. The number of nitrogens with zero attached hydrogens (tertiary/aromatic N) is 2. The Balaban J connectivity index is 1.88. The lowest BCUT2D eigenvalue weighted by atomic mass is 10.1. The Hall–Kier alpha value is -3.19. The van der Waals surface area contributed by atoms with E-state index in [-0.39, 0.29) is 23.3 Å². The normalized spacial score (nSPS) is 10.8. The maximum atomic E-state index is 12.9. The van der Waals surface area contributed by atoms with Gasteiger partial charge in [0.05, 0.1) is 5.52 Å². The van der Waals surface area contributed by atoms with Gasteiger partial charge in [-0.15, -0.1) is 0 Å². The molecule has 146 valence electrons. The van der Waals surface area contributed by atoms with Gasteiger partial charge in [0.2, 0.25) is 5.82 Å². The molecule has 0 aliphatic carbocycles. The molecular weight excluding hydrogens is 356 g/mol. The minimum Gasteiger partial charge on any atom is -0.385 e. The number of aryl methyl sites for hydroxylation is 2. The third-order valence-electron chi connectivity index (χ3n) is 4.42. The van der Waals surface area contributed by atoms with E-state index in [1.165, 1.54) is 0 Å². The van der Waals surface area contributed by atoms with Crippen molar-refractivity contribution >= 4 is 23.0 Å². The van der Waals surface area contributed by atoms with Crippen molar-refractivity contribution in [2.75, 3.05) is 25.6 Å². The van der Waals surface area contributed by atoms with Crippen molar-refractivity contribution in [3.63, 3.8) is 0 Å². The van der Waals surface area contributed by atoms with Crippen LogP contribution in [0.15, 0.2) is 42.6 Å². The molecule has 28 heavy (non-hydrogen) atoms. The number of carbonyl (C=O) groups excluding carboxylic acids is 2. The highest BCUT2D eigenvalue weighted by Gasteiger charge is 2.21. The molecule has 2 N–H and O–H groups in total. The van der Waals surface area contributed by atoms with Gasteiger partial charge in [0, 0.05) is 32.1 Å². The molecule has 2 amide bonds. The van der Waals surface area contributed by atoms with E-state index in [1.807, 2.05) is 38.1 Å². The number of nitrogens with one attached hydrogen (secondary N) is 2. The lowest BCUT2D eigenvalue weighted by molar-refractivity contribution is 0.0946. The van der Waals surface area contributed by atoms with Crippen LogP contribution in [0.1, 0.15) is 38.7 Å². The molecule has 3 aromatic rings. The number of aromatic nitrogens is 2. The molecule has 2 heterocycles. The third-order valence-corrected chi connectivity index (χ3v) is 4.42. The van der Waals surface area contributed by atoms with E-state index in [0.717, 1.165) is 16.8 Å². The van der Waals surface area contributed by atoms with Crippen LogP contribution in [-0.4, -0.2) is 41.5 Å². The highest BCUT2D eigenvalue weighted by atomic mass is 16.5. The first kappa shape index (κ1) is 19.6. The molecular formula is C21H24N4O3. The number of rotatable bonds is 7. The average molecular weight is 380 g/mol. The topological polar surface area (TPSA) is 84.7 Å². The number of benzene rings is 1. The lowest BCUT2D eigenvalue weighted by Gasteiger charge is -2.08. The van der Waals surface area contributed by atoms with Gasteiger partial charge in [-0.25, -0.2) is 4.98 Å². The number of pyridine rings is 1. The van der Waals surface area contributed by atoms with Crippen LogP contribution in [-0.2, 0) is 4.74 Å². The molecule has 0 bridgehead atoms. The number of carbonyl (C=O) groups is 2. The summed E-state index contributed by atoms with van der Waals surface area (Å²) in [6, 6.07) is 11.2. The summed E-state index contributed by atoms with van der Waals surface area (Å²) in [5, 5.41) is 5.72. The second-order valence-electron chi connectivity index (χ2n) is 6.61. The summed E-state index contributed by atoms with van der Waals surface area (Å²) in [4.78, 5) is 29.8. The number of anilines is 1. The molecule has 0 unspecified atom stereocenters. The maximum Gasteiger partial charge on any atom is 0.292 e. The van der Waals surface area contributed by atoms with Crippen LogP contribution >= 0.6 is 0 Å². The van der Waals surface area contributed by atoms with Gasteiger partial charge in [-0.3, -0.25) is 14.0 Å². The van der Waals surface area contributed by atoms with E-state index in [4.69, 9.17) is 4.74 Å². The molecule has 0 aliphatic heterocycles. The fourth-order valence-corrected chi connectivity index (χ4v) is 2.92. The lowest BCUT2D eigenvalue weighted by Crippen LogP contribution is -2.26. The van der Waals surface area contributed by atoms with Crippen molar-refractivity contribution in [2.24, 2.45) is 0 Å². The van der Waals surface area contributed by atoms with Crippen LogP contribution in [0.2, 0.25) is 0 Å². The molecule has 2 aromatic heterocycles. The number of methoxy groups -OCH3 is 1. The fourth-order valence-electron chi connectivity index (χ4n) is 2.92. The number of imidazole rings is 1. The Morgan fingerprint density at radius 1 is 1.14 bits per heavy atom. The minimum absolute atomic E-state index is 0.165. The highest BCUT2D eigenvalue weighted by molar-refractivity contribution is 6.06. The SMILES string of the molecule is COCCCNC(=O)c1nc(C(=O)Nc2cc(C)ccc2C)n2ccccc12. The van der Waals surface area contributed by atoms with Gasteiger partial charge in [-0.2, -0.15) is 0 Å². The van der Waals surface area contributed by atoms with Gasteiger partial charge >= 0.3 is 0 Å². The van der Waals surface area contributed by atoms with E-state index in [1.54, 1.807) is 29.8 Å². The molecule has 0 radical (unpaired) electrons. The van der Waals surface area contributed by atoms with Crippen LogP contribution in [0.3, 0.4) is 0 Å². The van der Waals surface area contributed by atoms with Gasteiger partial charge in [-0.1, -0.05) is 18.2 Å². The van der Waals surface area contributed by atoms with E-state index >= 15 is 0 Å². The quantitative estimate of drug-likeness (QED) is 0.617. The van der Waals surface area contributed by atoms with Crippen LogP contribution < -0.4 is 10.6 Å². The van der Waals surface area contributed by atoms with Gasteiger partial charge in [0.15, 0.2) is 5.69 Å². The predicted octanol–water partition coefficient (Wildman–Crippen LogP) is 2.97. The summed E-state index contributed by atoms with van der Waals surface area (Å²) >= 11 is 0. The summed E-state index contributed by atoms with van der Waals surface area (Å²) in [5.74, 6) is -0.516. The Labute approximate surface area is 163 Å². The highest BCUT2D eigenvalue weighted by Crippen LogP contribution is 2.19. The van der Waals surface area contributed by atoms with E-state index < -0.39 is 0 Å². The van der Waals surface area contributed by atoms with Gasteiger partial charge in [-0.05, 0) is 49.6 Å². The van der Waals surface area contributed by atoms with Crippen molar-refractivity contribution in [1.82, 2.24) is 14.7 Å². The van der Waals surface area contributed by atoms with Crippen LogP contribution in [0.25, 0.3) is 5.52 Å². The summed E-state index contributed by atoms with van der Waals surface area (Å²) < 4.78 is 6.62. The van der Waals surface area contributed by atoms with Crippen LogP contribution in [0.5, 0.6) is 0 Å². The monoisotopic (exact) mass is 380 g/mol. The summed E-state index contributed by atoms with van der Waals surface area (Å²) in [6.45, 7) is 4.93. The molecule has 0 atom stereocenters. The Morgan fingerprint density at radius 3 is 2.75 bits per heavy atom. The average Bonchev–Trinajstić information content (AvgIpc) is 3.08. The zero-order chi connectivity index (χ0) is 20.1. The number of hydrogen-bond donors (Lipinski definition) is 2.